The van der Waals surface area contributed by atoms with Crippen LogP contribution in [0.5, 0.6) is 0 Å². The van der Waals surface area contributed by atoms with E-state index >= 15 is 0 Å². The third-order valence-electron chi connectivity index (χ3n) is 5.33. The molecule has 0 fully saturated rings. The number of amides is 3. The van der Waals surface area contributed by atoms with E-state index in [0.717, 1.165) is 0 Å². The molecule has 1 atom stereocenters. The molecule has 2 aromatic carbocycles. The first-order valence-corrected chi connectivity index (χ1v) is 10.3. The van der Waals surface area contributed by atoms with E-state index in [1.807, 2.05) is 13.8 Å². The van der Waals surface area contributed by atoms with Gasteiger partial charge in [0.15, 0.2) is 0 Å². The fourth-order valence-electron chi connectivity index (χ4n) is 3.60. The maximum atomic E-state index is 12.7. The summed E-state index contributed by atoms with van der Waals surface area (Å²) in [6, 6.07) is 10.8. The monoisotopic (exact) mass is 433 g/mol. The van der Waals surface area contributed by atoms with Crippen LogP contribution in [0.3, 0.4) is 0 Å². The van der Waals surface area contributed by atoms with E-state index in [1.165, 1.54) is 10.9 Å². The first kappa shape index (κ1) is 21.2. The Labute approximate surface area is 183 Å². The Bertz CT molecular complexity index is 1280. The van der Waals surface area contributed by atoms with Gasteiger partial charge in [0.2, 0.25) is 11.8 Å². The number of nitrogens with one attached hydrogen (secondary N) is 3. The lowest BCUT2D eigenvalue weighted by Gasteiger charge is -2.14. The minimum atomic E-state index is -0.834. The molecule has 1 aliphatic rings. The average molecular weight is 433 g/mol. The van der Waals surface area contributed by atoms with Gasteiger partial charge in [-0.15, -0.1) is 0 Å². The molecule has 0 unspecified atom stereocenters. The standard InChI is InChI=1S/C23H23N5O4/c1-13(2)28-12-24-17-8-7-14(11-16(17)23(28)32)25-20(29)10-9-19-22(31)26-18-6-4-3-5-15(18)21(30)27-19/h3-8,11-13,19H,9-10H2,1-2H3,(H,25,29)(H,26,31)(H,27,30)/t19-/m1/s1. The lowest BCUT2D eigenvalue weighted by atomic mass is 10.1. The Balaban J connectivity index is 1.43. The number of nitrogens with zero attached hydrogens (tertiary/aromatic N) is 2. The molecule has 32 heavy (non-hydrogen) atoms. The SMILES string of the molecule is CC(C)n1cnc2ccc(NC(=O)CC[C@H]3NC(=O)c4ccccc4NC3=O)cc2c1=O. The Morgan fingerprint density at radius 2 is 1.94 bits per heavy atom. The van der Waals surface area contributed by atoms with Crippen molar-refractivity contribution < 1.29 is 14.4 Å². The van der Waals surface area contributed by atoms with Gasteiger partial charge in [-0.1, -0.05) is 12.1 Å². The molecule has 3 N–H and O–H groups in total. The third kappa shape index (κ3) is 4.22. The van der Waals surface area contributed by atoms with Gasteiger partial charge in [-0.05, 0) is 50.6 Å². The molecule has 9 heteroatoms. The van der Waals surface area contributed by atoms with Crippen LogP contribution in [0.1, 0.15) is 43.1 Å². The molecule has 0 aliphatic carbocycles. The molecule has 0 radical (unpaired) electrons. The first-order chi connectivity index (χ1) is 15.3. The average Bonchev–Trinajstić information content (AvgIpc) is 2.88. The summed E-state index contributed by atoms with van der Waals surface area (Å²) in [6.45, 7) is 3.78. The van der Waals surface area contributed by atoms with Crippen molar-refractivity contribution in [3.05, 3.63) is 64.7 Å². The van der Waals surface area contributed by atoms with Gasteiger partial charge in [-0.3, -0.25) is 23.7 Å². The number of hydrogen-bond donors (Lipinski definition) is 3. The van der Waals surface area contributed by atoms with Gasteiger partial charge < -0.3 is 16.0 Å². The lowest BCUT2D eigenvalue weighted by Crippen LogP contribution is -2.41. The third-order valence-corrected chi connectivity index (χ3v) is 5.33. The van der Waals surface area contributed by atoms with Crippen molar-refractivity contribution >= 4 is 40.0 Å². The van der Waals surface area contributed by atoms with E-state index < -0.39 is 6.04 Å². The van der Waals surface area contributed by atoms with E-state index in [9.17, 15) is 19.2 Å². The quantitative estimate of drug-likeness (QED) is 0.571. The van der Waals surface area contributed by atoms with E-state index in [0.29, 0.717) is 27.8 Å². The molecule has 0 spiro atoms. The van der Waals surface area contributed by atoms with Crippen LogP contribution < -0.4 is 21.5 Å². The van der Waals surface area contributed by atoms with E-state index in [2.05, 4.69) is 20.9 Å². The molecule has 9 nitrogen and oxygen atoms in total. The summed E-state index contributed by atoms with van der Waals surface area (Å²) in [5.74, 6) is -1.07. The second-order valence-corrected chi connectivity index (χ2v) is 7.93. The summed E-state index contributed by atoms with van der Waals surface area (Å²) in [7, 11) is 0. The normalized spacial score (nSPS) is 15.7. The van der Waals surface area contributed by atoms with Crippen LogP contribution in [0.2, 0.25) is 0 Å². The number of fused-ring (bicyclic) bond motifs is 2. The Hall–Kier alpha value is -4.01. The second-order valence-electron chi connectivity index (χ2n) is 7.93. The fraction of sp³-hybridized carbons (Fsp3) is 0.261. The molecule has 4 rings (SSSR count). The fourth-order valence-corrected chi connectivity index (χ4v) is 3.60. The van der Waals surface area contributed by atoms with Gasteiger partial charge in [0.25, 0.3) is 11.5 Å². The smallest absolute Gasteiger partial charge is 0.261 e. The van der Waals surface area contributed by atoms with Crippen molar-refractivity contribution in [2.45, 2.75) is 38.8 Å². The summed E-state index contributed by atoms with van der Waals surface area (Å²) >= 11 is 0. The molecule has 0 saturated carbocycles. The van der Waals surface area contributed by atoms with Crippen molar-refractivity contribution in [3.8, 4) is 0 Å². The Morgan fingerprint density at radius 1 is 1.16 bits per heavy atom. The van der Waals surface area contributed by atoms with Gasteiger partial charge in [0.05, 0.1) is 28.5 Å². The first-order valence-electron chi connectivity index (χ1n) is 10.3. The molecule has 3 amide bonds. The van der Waals surface area contributed by atoms with Crippen LogP contribution in [0.15, 0.2) is 53.6 Å². The number of carbonyl (C=O) groups excluding carboxylic acids is 3. The lowest BCUT2D eigenvalue weighted by molar-refractivity contribution is -0.118. The summed E-state index contributed by atoms with van der Waals surface area (Å²) in [5, 5.41) is 8.55. The molecule has 1 aliphatic heterocycles. The van der Waals surface area contributed by atoms with Gasteiger partial charge in [0, 0.05) is 18.2 Å². The van der Waals surface area contributed by atoms with Crippen LogP contribution in [0.4, 0.5) is 11.4 Å². The predicted octanol–water partition coefficient (Wildman–Crippen LogP) is 2.45. The summed E-state index contributed by atoms with van der Waals surface area (Å²) < 4.78 is 1.53. The van der Waals surface area contributed by atoms with Crippen molar-refractivity contribution in [2.24, 2.45) is 0 Å². The number of benzene rings is 2. The van der Waals surface area contributed by atoms with Crippen LogP contribution in [-0.2, 0) is 9.59 Å². The topological polar surface area (TPSA) is 122 Å². The zero-order valence-corrected chi connectivity index (χ0v) is 17.7. The highest BCUT2D eigenvalue weighted by molar-refractivity contribution is 6.10. The van der Waals surface area contributed by atoms with Crippen molar-refractivity contribution in [3.63, 3.8) is 0 Å². The molecule has 2 heterocycles. The molecule has 0 bridgehead atoms. The van der Waals surface area contributed by atoms with Crippen LogP contribution in [-0.4, -0.2) is 33.3 Å². The molecular formula is C23H23N5O4. The zero-order valence-electron chi connectivity index (χ0n) is 17.7. The largest absolute Gasteiger partial charge is 0.340 e. The van der Waals surface area contributed by atoms with Crippen molar-refractivity contribution in [2.75, 3.05) is 10.6 Å². The van der Waals surface area contributed by atoms with Gasteiger partial charge >= 0.3 is 0 Å². The maximum Gasteiger partial charge on any atom is 0.261 e. The number of para-hydroxylation sites is 1. The van der Waals surface area contributed by atoms with Gasteiger partial charge in [-0.25, -0.2) is 4.98 Å². The maximum absolute atomic E-state index is 12.7. The van der Waals surface area contributed by atoms with Crippen LogP contribution >= 0.6 is 0 Å². The molecular weight excluding hydrogens is 410 g/mol. The highest BCUT2D eigenvalue weighted by Gasteiger charge is 2.27. The predicted molar refractivity (Wildman–Crippen MR) is 121 cm³/mol. The molecule has 3 aromatic rings. The molecule has 0 saturated heterocycles. The Kier molecular flexibility index (Phi) is 5.72. The van der Waals surface area contributed by atoms with Crippen molar-refractivity contribution in [1.29, 1.82) is 0 Å². The van der Waals surface area contributed by atoms with E-state index in [4.69, 9.17) is 0 Å². The van der Waals surface area contributed by atoms with E-state index in [-0.39, 0.29) is 42.2 Å². The minimum absolute atomic E-state index is 0.00994. The Morgan fingerprint density at radius 3 is 2.72 bits per heavy atom. The highest BCUT2D eigenvalue weighted by atomic mass is 16.2. The summed E-state index contributed by atoms with van der Waals surface area (Å²) in [6.07, 6.45) is 1.65. The number of rotatable bonds is 5. The molecule has 1 aromatic heterocycles. The number of aromatic nitrogens is 2. The van der Waals surface area contributed by atoms with Crippen LogP contribution in [0.25, 0.3) is 10.9 Å². The van der Waals surface area contributed by atoms with Gasteiger partial charge in [0.1, 0.15) is 6.04 Å². The number of anilines is 2. The van der Waals surface area contributed by atoms with Crippen LogP contribution in [0, 0.1) is 0 Å². The second kappa shape index (κ2) is 8.62. The number of carbonyl (C=O) groups is 3. The van der Waals surface area contributed by atoms with E-state index in [1.54, 1.807) is 42.5 Å². The zero-order chi connectivity index (χ0) is 22.8. The minimum Gasteiger partial charge on any atom is -0.340 e. The highest BCUT2D eigenvalue weighted by Crippen LogP contribution is 2.20. The number of hydrogen-bond acceptors (Lipinski definition) is 5. The summed E-state index contributed by atoms with van der Waals surface area (Å²) in [4.78, 5) is 54.3. The van der Waals surface area contributed by atoms with Crippen molar-refractivity contribution in [1.82, 2.24) is 14.9 Å². The molecule has 164 valence electrons. The summed E-state index contributed by atoms with van der Waals surface area (Å²) in [5.41, 5.74) is 1.65. The van der Waals surface area contributed by atoms with Gasteiger partial charge in [-0.2, -0.15) is 0 Å².